The minimum absolute atomic E-state index is 0.299. The molecule has 2 aliphatic rings. The van der Waals surface area contributed by atoms with E-state index in [1.165, 1.54) is 37.3 Å². The number of amides is 2. The van der Waals surface area contributed by atoms with Crippen LogP contribution in [0.4, 0.5) is 5.82 Å². The monoisotopic (exact) mass is 390 g/mol. The fraction of sp³-hybridized carbons (Fsp3) is 0.391. The Hall–Kier alpha value is -2.86. The highest BCUT2D eigenvalue weighted by atomic mass is 16.2. The number of carbonyl (C=O) groups is 2. The number of aromatic nitrogens is 1. The maximum Gasteiger partial charge on any atom is 0.266 e. The summed E-state index contributed by atoms with van der Waals surface area (Å²) in [5.41, 5.74) is 1.25. The summed E-state index contributed by atoms with van der Waals surface area (Å²) in [5.74, 6) is -0.854. The van der Waals surface area contributed by atoms with Crippen LogP contribution in [0.15, 0.2) is 53.7 Å². The zero-order valence-electron chi connectivity index (χ0n) is 16.5. The summed E-state index contributed by atoms with van der Waals surface area (Å²) in [7, 11) is 0. The van der Waals surface area contributed by atoms with Crippen LogP contribution >= 0.6 is 0 Å². The molecule has 6 nitrogen and oxygen atoms in total. The third-order valence-corrected chi connectivity index (χ3v) is 5.56. The molecule has 1 aromatic heterocycles. The van der Waals surface area contributed by atoms with Crippen molar-refractivity contribution in [1.29, 1.82) is 0 Å². The normalized spacial score (nSPS) is 20.3. The first-order valence-corrected chi connectivity index (χ1v) is 10.4. The molecule has 0 unspecified atom stereocenters. The quantitative estimate of drug-likeness (QED) is 0.431. The van der Waals surface area contributed by atoms with Crippen LogP contribution in [0.3, 0.4) is 0 Å². The summed E-state index contributed by atoms with van der Waals surface area (Å²) >= 11 is 0. The van der Waals surface area contributed by atoms with Gasteiger partial charge in [0.05, 0.1) is 5.92 Å². The molecule has 0 saturated carbocycles. The van der Waals surface area contributed by atoms with E-state index >= 15 is 0 Å². The topological polar surface area (TPSA) is 65.9 Å². The smallest absolute Gasteiger partial charge is 0.266 e. The fourth-order valence-electron chi connectivity index (χ4n) is 4.05. The van der Waals surface area contributed by atoms with Gasteiger partial charge < -0.3 is 4.90 Å². The molecule has 0 radical (unpaired) electrons. The molecule has 1 atom stereocenters. The van der Waals surface area contributed by atoms with Crippen LogP contribution in [0, 0.1) is 0 Å². The van der Waals surface area contributed by atoms with E-state index < -0.39 is 5.92 Å². The Bertz CT molecular complexity index is 891. The molecule has 1 fully saturated rings. The van der Waals surface area contributed by atoms with E-state index in [2.05, 4.69) is 14.9 Å². The second kappa shape index (κ2) is 9.09. The number of hydrogen-bond donors (Lipinski definition) is 0. The van der Waals surface area contributed by atoms with Crippen LogP contribution in [0.2, 0.25) is 0 Å². The van der Waals surface area contributed by atoms with Crippen LogP contribution in [-0.2, 0) is 4.79 Å². The van der Waals surface area contributed by atoms with E-state index in [0.29, 0.717) is 17.9 Å². The van der Waals surface area contributed by atoms with Crippen LogP contribution in [0.5, 0.6) is 0 Å². The number of benzene rings is 1. The molecule has 3 heterocycles. The molecular formula is C23H26N4O2. The molecule has 1 saturated heterocycles. The zero-order valence-corrected chi connectivity index (χ0v) is 16.5. The van der Waals surface area contributed by atoms with Crippen molar-refractivity contribution in [2.75, 3.05) is 31.1 Å². The summed E-state index contributed by atoms with van der Waals surface area (Å²) in [6.07, 6.45) is 8.17. The maximum atomic E-state index is 13.2. The highest BCUT2D eigenvalue weighted by Gasteiger charge is 2.39. The van der Waals surface area contributed by atoms with Gasteiger partial charge in [0, 0.05) is 24.5 Å². The van der Waals surface area contributed by atoms with Crippen molar-refractivity contribution >= 4 is 23.8 Å². The van der Waals surface area contributed by atoms with Crippen LogP contribution in [-0.4, -0.2) is 54.1 Å². The third-order valence-electron chi connectivity index (χ3n) is 5.56. The van der Waals surface area contributed by atoms with Crippen molar-refractivity contribution in [2.24, 2.45) is 4.99 Å². The average molecular weight is 390 g/mol. The summed E-state index contributed by atoms with van der Waals surface area (Å²) in [4.78, 5) is 38.5. The van der Waals surface area contributed by atoms with E-state index in [0.717, 1.165) is 18.5 Å². The first-order valence-electron chi connectivity index (χ1n) is 10.4. The summed E-state index contributed by atoms with van der Waals surface area (Å²) in [5, 5.41) is 0. The largest absolute Gasteiger partial charge is 0.303 e. The number of nitrogens with zero attached hydrogens (tertiary/aromatic N) is 4. The predicted octanol–water partition coefficient (Wildman–Crippen LogP) is 3.30. The van der Waals surface area contributed by atoms with Gasteiger partial charge in [-0.05, 0) is 62.7 Å². The Morgan fingerprint density at radius 2 is 1.83 bits per heavy atom. The molecule has 2 aromatic rings. The molecule has 0 aliphatic carbocycles. The Labute approximate surface area is 171 Å². The maximum absolute atomic E-state index is 13.2. The predicted molar refractivity (Wildman–Crippen MR) is 114 cm³/mol. The Morgan fingerprint density at radius 3 is 2.62 bits per heavy atom. The molecule has 2 amide bonds. The van der Waals surface area contributed by atoms with Crippen LogP contribution < -0.4 is 4.90 Å². The average Bonchev–Trinajstić information content (AvgIpc) is 2.77. The number of carbonyl (C=O) groups excluding carboxylic acids is 2. The van der Waals surface area contributed by atoms with Gasteiger partial charge in [0.2, 0.25) is 5.91 Å². The van der Waals surface area contributed by atoms with Crippen molar-refractivity contribution in [3.63, 3.8) is 0 Å². The first kappa shape index (κ1) is 19.5. The van der Waals surface area contributed by atoms with Gasteiger partial charge in [-0.15, -0.1) is 0 Å². The molecule has 2 aliphatic heterocycles. The first-order chi connectivity index (χ1) is 14.3. The zero-order chi connectivity index (χ0) is 20.1. The van der Waals surface area contributed by atoms with Gasteiger partial charge in [-0.2, -0.15) is 0 Å². The number of hydrogen-bond acceptors (Lipinski definition) is 5. The fourth-order valence-corrected chi connectivity index (χ4v) is 4.05. The van der Waals surface area contributed by atoms with E-state index in [9.17, 15) is 9.59 Å². The highest BCUT2D eigenvalue weighted by Crippen LogP contribution is 2.30. The van der Waals surface area contributed by atoms with Crippen molar-refractivity contribution < 1.29 is 9.59 Å². The molecule has 0 N–H and O–H groups in total. The lowest BCUT2D eigenvalue weighted by Gasteiger charge is -2.30. The number of likely N-dealkylation sites (tertiary alicyclic amines) is 1. The molecule has 29 heavy (non-hydrogen) atoms. The van der Waals surface area contributed by atoms with Gasteiger partial charge in [-0.25, -0.2) is 9.88 Å². The molecule has 4 rings (SSSR count). The van der Waals surface area contributed by atoms with Gasteiger partial charge in [0.15, 0.2) is 0 Å². The van der Waals surface area contributed by atoms with E-state index in [1.54, 1.807) is 36.7 Å². The Kier molecular flexibility index (Phi) is 6.10. The summed E-state index contributed by atoms with van der Waals surface area (Å²) in [6.45, 7) is 4.09. The van der Waals surface area contributed by atoms with E-state index in [1.807, 2.05) is 18.2 Å². The lowest BCUT2D eigenvalue weighted by molar-refractivity contribution is -0.118. The lowest BCUT2D eigenvalue weighted by atomic mass is 9.89. The number of aliphatic imine (C=N–C) groups is 1. The number of imide groups is 1. The van der Waals surface area contributed by atoms with E-state index in [-0.39, 0.29) is 11.8 Å². The van der Waals surface area contributed by atoms with Crippen molar-refractivity contribution in [3.05, 3.63) is 59.8 Å². The minimum Gasteiger partial charge on any atom is -0.303 e. The third kappa shape index (κ3) is 4.27. The SMILES string of the molecule is O=C1c2ccccc2[C@@H](C=NCCCN2CCCCC2)C(=O)N1c1ccccn1. The number of rotatable bonds is 6. The van der Waals surface area contributed by atoms with Crippen molar-refractivity contribution in [3.8, 4) is 0 Å². The summed E-state index contributed by atoms with van der Waals surface area (Å²) < 4.78 is 0. The van der Waals surface area contributed by atoms with Gasteiger partial charge in [-0.3, -0.25) is 14.6 Å². The second-order valence-corrected chi connectivity index (χ2v) is 7.54. The molecule has 150 valence electrons. The molecule has 0 spiro atoms. The molecule has 0 bridgehead atoms. The van der Waals surface area contributed by atoms with Crippen LogP contribution in [0.1, 0.15) is 47.5 Å². The van der Waals surface area contributed by atoms with Crippen molar-refractivity contribution in [2.45, 2.75) is 31.6 Å². The number of piperidine rings is 1. The highest BCUT2D eigenvalue weighted by molar-refractivity contribution is 6.28. The lowest BCUT2D eigenvalue weighted by Crippen LogP contribution is -2.46. The second-order valence-electron chi connectivity index (χ2n) is 7.54. The van der Waals surface area contributed by atoms with Gasteiger partial charge in [0.25, 0.3) is 5.91 Å². The molecular weight excluding hydrogens is 364 g/mol. The minimum atomic E-state index is -0.569. The number of fused-ring (bicyclic) bond motifs is 1. The van der Waals surface area contributed by atoms with Gasteiger partial charge >= 0.3 is 0 Å². The van der Waals surface area contributed by atoms with E-state index in [4.69, 9.17) is 0 Å². The Morgan fingerprint density at radius 1 is 1.03 bits per heavy atom. The summed E-state index contributed by atoms with van der Waals surface area (Å²) in [6, 6.07) is 12.5. The standard InChI is InChI=1S/C23H26N4O2/c28-22-19-10-3-2-9-18(19)20(23(29)27(22)21-11-4-5-13-25-21)17-24-12-8-16-26-14-6-1-7-15-26/h2-5,9-11,13,17,20H,1,6-8,12,14-16H2/t20-/m1/s1. The molecule has 1 aromatic carbocycles. The number of anilines is 1. The Balaban J connectivity index is 1.49. The molecule has 6 heteroatoms. The van der Waals surface area contributed by atoms with Gasteiger partial charge in [-0.1, -0.05) is 30.7 Å². The van der Waals surface area contributed by atoms with Gasteiger partial charge in [0.1, 0.15) is 5.82 Å². The van der Waals surface area contributed by atoms with Crippen LogP contribution in [0.25, 0.3) is 0 Å². The number of pyridine rings is 1. The van der Waals surface area contributed by atoms with Crippen molar-refractivity contribution in [1.82, 2.24) is 9.88 Å².